The van der Waals surface area contributed by atoms with Crippen molar-refractivity contribution >= 4 is 21.8 Å². The van der Waals surface area contributed by atoms with Gasteiger partial charge < -0.3 is 9.74 Å². The Morgan fingerprint density at radius 3 is 2.37 bits per heavy atom. The summed E-state index contributed by atoms with van der Waals surface area (Å²) in [6, 6.07) is 7.75. The van der Waals surface area contributed by atoms with Gasteiger partial charge in [0.2, 0.25) is 0 Å². The van der Waals surface area contributed by atoms with Crippen molar-refractivity contribution in [2.45, 2.75) is 37.8 Å². The number of carbonyl (C=O) groups is 1. The van der Waals surface area contributed by atoms with Gasteiger partial charge in [0.1, 0.15) is 0 Å². The lowest BCUT2D eigenvalue weighted by atomic mass is 9.92. The second-order valence-electron chi connectivity index (χ2n) is 4.99. The molecule has 2 N–H and O–H groups in total. The third-order valence-corrected chi connectivity index (χ3v) is 4.32. The third kappa shape index (κ3) is 3.55. The first-order valence-corrected chi connectivity index (χ1v) is 7.29. The molecule has 1 amide bonds. The minimum absolute atomic E-state index is 0.0737. The van der Waals surface area contributed by atoms with Gasteiger partial charge in [-0.25, -0.2) is 5.90 Å². The van der Waals surface area contributed by atoms with Crippen LogP contribution in [0.1, 0.15) is 36.0 Å². The quantitative estimate of drug-likeness (QED) is 0.869. The molecule has 1 aliphatic rings. The van der Waals surface area contributed by atoms with Gasteiger partial charge in [-0.2, -0.15) is 0 Å². The molecule has 0 aromatic heterocycles. The predicted molar refractivity (Wildman–Crippen MR) is 77.6 cm³/mol. The summed E-state index contributed by atoms with van der Waals surface area (Å²) in [6.07, 6.45) is 3.87. The number of carbonyl (C=O) groups excluding carboxylic acids is 1. The number of hydrogen-bond acceptors (Lipinski definition) is 3. The molecule has 0 atom stereocenters. The molecule has 0 unspecified atom stereocenters. The lowest BCUT2D eigenvalue weighted by Gasteiger charge is -2.33. The van der Waals surface area contributed by atoms with Crippen LogP contribution in [0.25, 0.3) is 0 Å². The second-order valence-corrected chi connectivity index (χ2v) is 5.91. The van der Waals surface area contributed by atoms with Crippen molar-refractivity contribution in [1.29, 1.82) is 0 Å². The van der Waals surface area contributed by atoms with Gasteiger partial charge in [0.25, 0.3) is 5.91 Å². The van der Waals surface area contributed by atoms with Crippen molar-refractivity contribution in [2.75, 3.05) is 7.05 Å². The lowest BCUT2D eigenvalue weighted by molar-refractivity contribution is 0.00993. The Balaban J connectivity index is 1.98. The maximum Gasteiger partial charge on any atom is 0.253 e. The molecule has 0 saturated heterocycles. The van der Waals surface area contributed by atoms with Crippen LogP contribution in [0.15, 0.2) is 28.7 Å². The maximum atomic E-state index is 12.4. The number of nitrogens with zero attached hydrogens (tertiary/aromatic N) is 1. The van der Waals surface area contributed by atoms with Crippen molar-refractivity contribution in [3.8, 4) is 0 Å². The third-order valence-electron chi connectivity index (χ3n) is 3.80. The molecule has 104 valence electrons. The highest BCUT2D eigenvalue weighted by atomic mass is 79.9. The van der Waals surface area contributed by atoms with Gasteiger partial charge in [-0.1, -0.05) is 15.9 Å². The number of benzene rings is 1. The van der Waals surface area contributed by atoms with Crippen LogP contribution in [0.2, 0.25) is 0 Å². The molecule has 0 spiro atoms. The first-order valence-electron chi connectivity index (χ1n) is 6.50. The van der Waals surface area contributed by atoms with E-state index in [1.165, 1.54) is 0 Å². The first kappa shape index (κ1) is 14.5. The number of amides is 1. The first-order chi connectivity index (χ1) is 9.11. The monoisotopic (exact) mass is 326 g/mol. The standard InChI is InChI=1S/C14H19BrN2O2/c1-17(12-6-8-13(19-16)9-7-12)14(18)10-2-4-11(15)5-3-10/h2-5,12-13H,6-9,16H2,1H3. The van der Waals surface area contributed by atoms with Crippen LogP contribution in [0.3, 0.4) is 0 Å². The summed E-state index contributed by atoms with van der Waals surface area (Å²) >= 11 is 3.37. The molecule has 1 saturated carbocycles. The second kappa shape index (κ2) is 6.50. The number of halogens is 1. The molecule has 2 rings (SSSR count). The molecule has 5 heteroatoms. The molecule has 0 aliphatic heterocycles. The average molecular weight is 327 g/mol. The van der Waals surface area contributed by atoms with E-state index >= 15 is 0 Å². The van der Waals surface area contributed by atoms with Crippen molar-refractivity contribution in [1.82, 2.24) is 4.90 Å². The Morgan fingerprint density at radius 2 is 1.84 bits per heavy atom. The largest absolute Gasteiger partial charge is 0.339 e. The minimum atomic E-state index is 0.0737. The zero-order valence-corrected chi connectivity index (χ0v) is 12.6. The van der Waals surface area contributed by atoms with Crippen LogP contribution >= 0.6 is 15.9 Å². The predicted octanol–water partition coefficient (Wildman–Crippen LogP) is 2.72. The summed E-state index contributed by atoms with van der Waals surface area (Å²) in [7, 11) is 1.87. The molecule has 0 heterocycles. The van der Waals surface area contributed by atoms with E-state index in [4.69, 9.17) is 10.7 Å². The van der Waals surface area contributed by atoms with E-state index in [-0.39, 0.29) is 18.1 Å². The molecule has 1 aromatic carbocycles. The lowest BCUT2D eigenvalue weighted by Crippen LogP contribution is -2.41. The zero-order chi connectivity index (χ0) is 13.8. The Kier molecular flexibility index (Phi) is 4.96. The normalized spacial score (nSPS) is 23.1. The van der Waals surface area contributed by atoms with Gasteiger partial charge in [-0.15, -0.1) is 0 Å². The van der Waals surface area contributed by atoms with E-state index in [1.807, 2.05) is 36.2 Å². The fraction of sp³-hybridized carbons (Fsp3) is 0.500. The summed E-state index contributed by atoms with van der Waals surface area (Å²) < 4.78 is 0.979. The highest BCUT2D eigenvalue weighted by molar-refractivity contribution is 9.10. The fourth-order valence-electron chi connectivity index (χ4n) is 2.53. The molecule has 1 aromatic rings. The number of rotatable bonds is 3. The SMILES string of the molecule is CN(C(=O)c1ccc(Br)cc1)C1CCC(ON)CC1. The van der Waals surface area contributed by atoms with Crippen molar-refractivity contribution in [3.63, 3.8) is 0 Å². The average Bonchev–Trinajstić information content (AvgIpc) is 2.46. The van der Waals surface area contributed by atoms with Crippen molar-refractivity contribution < 1.29 is 9.63 Å². The van der Waals surface area contributed by atoms with E-state index in [0.29, 0.717) is 0 Å². The van der Waals surface area contributed by atoms with Crippen LogP contribution in [0, 0.1) is 0 Å². The van der Waals surface area contributed by atoms with Crippen LogP contribution in [-0.4, -0.2) is 30.0 Å². The van der Waals surface area contributed by atoms with E-state index in [9.17, 15) is 4.79 Å². The fourth-order valence-corrected chi connectivity index (χ4v) is 2.79. The summed E-state index contributed by atoms with van der Waals surface area (Å²) in [5, 5.41) is 0. The number of hydrogen-bond donors (Lipinski definition) is 1. The van der Waals surface area contributed by atoms with Crippen LogP contribution in [-0.2, 0) is 4.84 Å². The van der Waals surface area contributed by atoms with Crippen LogP contribution in [0.4, 0.5) is 0 Å². The maximum absolute atomic E-state index is 12.4. The summed E-state index contributed by atoms with van der Waals surface area (Å²) in [5.74, 6) is 5.28. The molecular formula is C14H19BrN2O2. The van der Waals surface area contributed by atoms with Gasteiger partial charge in [-0.3, -0.25) is 4.79 Å². The van der Waals surface area contributed by atoms with E-state index < -0.39 is 0 Å². The molecule has 1 aliphatic carbocycles. The Bertz CT molecular complexity index is 428. The van der Waals surface area contributed by atoms with Crippen molar-refractivity contribution in [2.24, 2.45) is 5.90 Å². The topological polar surface area (TPSA) is 55.6 Å². The Hall–Kier alpha value is -0.910. The van der Waals surface area contributed by atoms with E-state index in [0.717, 1.165) is 35.7 Å². The molecule has 19 heavy (non-hydrogen) atoms. The molecular weight excluding hydrogens is 308 g/mol. The summed E-state index contributed by atoms with van der Waals surface area (Å²) in [4.78, 5) is 19.1. The molecule has 0 bridgehead atoms. The Morgan fingerprint density at radius 1 is 1.26 bits per heavy atom. The highest BCUT2D eigenvalue weighted by Crippen LogP contribution is 2.24. The minimum Gasteiger partial charge on any atom is -0.339 e. The van der Waals surface area contributed by atoms with Gasteiger partial charge in [-0.05, 0) is 49.9 Å². The van der Waals surface area contributed by atoms with Crippen LogP contribution < -0.4 is 5.90 Å². The molecule has 0 radical (unpaired) electrons. The zero-order valence-electron chi connectivity index (χ0n) is 11.0. The van der Waals surface area contributed by atoms with Gasteiger partial charge in [0, 0.05) is 23.1 Å². The van der Waals surface area contributed by atoms with Crippen molar-refractivity contribution in [3.05, 3.63) is 34.3 Å². The molecule has 1 fully saturated rings. The molecule has 4 nitrogen and oxygen atoms in total. The summed E-state index contributed by atoms with van der Waals surface area (Å²) in [6.45, 7) is 0. The smallest absolute Gasteiger partial charge is 0.253 e. The number of nitrogens with two attached hydrogens (primary N) is 1. The van der Waals surface area contributed by atoms with Gasteiger partial charge in [0.15, 0.2) is 0 Å². The van der Waals surface area contributed by atoms with Gasteiger partial charge in [0.05, 0.1) is 6.10 Å². The Labute approximate surface area is 122 Å². The highest BCUT2D eigenvalue weighted by Gasteiger charge is 2.27. The van der Waals surface area contributed by atoms with E-state index in [1.54, 1.807) is 0 Å². The van der Waals surface area contributed by atoms with Gasteiger partial charge >= 0.3 is 0 Å². The van der Waals surface area contributed by atoms with E-state index in [2.05, 4.69) is 15.9 Å². The van der Waals surface area contributed by atoms with Crippen LogP contribution in [0.5, 0.6) is 0 Å². The summed E-state index contributed by atoms with van der Waals surface area (Å²) in [5.41, 5.74) is 0.725.